The van der Waals surface area contributed by atoms with Crippen molar-refractivity contribution >= 4 is 11.6 Å². The lowest BCUT2D eigenvalue weighted by atomic mass is 9.85. The van der Waals surface area contributed by atoms with E-state index in [1.54, 1.807) is 0 Å². The van der Waals surface area contributed by atoms with Crippen molar-refractivity contribution in [2.45, 2.75) is 18.0 Å². The maximum absolute atomic E-state index is 13.5. The Kier molecular flexibility index (Phi) is 4.38. The molecule has 1 nitrogen and oxygen atoms in total. The summed E-state index contributed by atoms with van der Waals surface area (Å²) in [4.78, 5) is 0. The van der Waals surface area contributed by atoms with Gasteiger partial charge in [0, 0.05) is 10.6 Å². The summed E-state index contributed by atoms with van der Waals surface area (Å²) in [6.45, 7) is 0. The van der Waals surface area contributed by atoms with Crippen LogP contribution in [-0.2, 0) is 11.8 Å². The fourth-order valence-electron chi connectivity index (χ4n) is 2.15. The van der Waals surface area contributed by atoms with Crippen LogP contribution in [0.3, 0.4) is 0 Å². The summed E-state index contributed by atoms with van der Waals surface area (Å²) >= 11 is 5.71. The van der Waals surface area contributed by atoms with Gasteiger partial charge >= 0.3 is 12.4 Å². The van der Waals surface area contributed by atoms with Gasteiger partial charge in [0.15, 0.2) is 0 Å². The van der Waals surface area contributed by atoms with Gasteiger partial charge in [-0.25, -0.2) is 0 Å². The summed E-state index contributed by atoms with van der Waals surface area (Å²) in [5, 5.41) is 9.87. The van der Waals surface area contributed by atoms with Crippen LogP contribution in [0, 0.1) is 0 Å². The Morgan fingerprint density at radius 1 is 0.783 bits per heavy atom. The average molecular weight is 355 g/mol. The van der Waals surface area contributed by atoms with Crippen molar-refractivity contribution in [1.82, 2.24) is 0 Å². The lowest BCUT2D eigenvalue weighted by Gasteiger charge is -2.32. The predicted molar refractivity (Wildman–Crippen MR) is 71.9 cm³/mol. The Labute approximate surface area is 132 Å². The molecule has 0 spiro atoms. The molecule has 0 aliphatic carbocycles. The first-order valence-electron chi connectivity index (χ1n) is 6.20. The smallest absolute Gasteiger partial charge is 0.372 e. The molecular formula is C15H9ClF6O. The van der Waals surface area contributed by atoms with Crippen molar-refractivity contribution in [2.24, 2.45) is 0 Å². The van der Waals surface area contributed by atoms with Gasteiger partial charge in [0.05, 0.1) is 5.56 Å². The Balaban J connectivity index is 2.74. The summed E-state index contributed by atoms with van der Waals surface area (Å²) in [5.41, 5.74) is -6.67. The second-order valence-electron chi connectivity index (χ2n) is 4.77. The van der Waals surface area contributed by atoms with E-state index in [2.05, 4.69) is 0 Å². The molecule has 2 aromatic carbocycles. The Morgan fingerprint density at radius 3 is 1.87 bits per heavy atom. The van der Waals surface area contributed by atoms with Gasteiger partial charge in [0.2, 0.25) is 5.60 Å². The van der Waals surface area contributed by atoms with Crippen molar-refractivity contribution in [2.75, 3.05) is 0 Å². The zero-order valence-corrected chi connectivity index (χ0v) is 12.0. The van der Waals surface area contributed by atoms with E-state index >= 15 is 0 Å². The maximum atomic E-state index is 13.5. The third kappa shape index (κ3) is 3.16. The summed E-state index contributed by atoms with van der Waals surface area (Å²) in [6.07, 6.45) is -10.1. The topological polar surface area (TPSA) is 20.2 Å². The Bertz CT molecular complexity index is 710. The molecule has 0 aromatic heterocycles. The molecule has 124 valence electrons. The molecule has 1 unspecified atom stereocenters. The fraction of sp³-hybridized carbons (Fsp3) is 0.200. The number of halogens is 7. The number of aliphatic hydroxyl groups is 1. The number of hydrogen-bond acceptors (Lipinski definition) is 1. The minimum Gasteiger partial charge on any atom is -0.372 e. The minimum atomic E-state index is -5.28. The van der Waals surface area contributed by atoms with Crippen LogP contribution in [0.2, 0.25) is 5.02 Å². The zero-order chi connectivity index (χ0) is 17.5. The number of hydrogen-bond donors (Lipinski definition) is 1. The summed E-state index contributed by atoms with van der Waals surface area (Å²) in [6, 6.07) is 7.01. The third-order valence-corrected chi connectivity index (χ3v) is 3.61. The van der Waals surface area contributed by atoms with E-state index < -0.39 is 39.7 Å². The first-order chi connectivity index (χ1) is 10.5. The van der Waals surface area contributed by atoms with Crippen LogP contribution in [0.1, 0.15) is 16.7 Å². The molecule has 0 saturated heterocycles. The Morgan fingerprint density at radius 2 is 1.35 bits per heavy atom. The summed E-state index contributed by atoms with van der Waals surface area (Å²) < 4.78 is 78.7. The molecule has 2 aromatic rings. The van der Waals surface area contributed by atoms with E-state index in [9.17, 15) is 31.4 Å². The van der Waals surface area contributed by atoms with Gasteiger partial charge in [-0.1, -0.05) is 41.9 Å². The van der Waals surface area contributed by atoms with Crippen molar-refractivity contribution < 1.29 is 31.4 Å². The maximum Gasteiger partial charge on any atom is 0.425 e. The summed E-state index contributed by atoms with van der Waals surface area (Å²) in [5.74, 6) is 0. The molecule has 0 amide bonds. The van der Waals surface area contributed by atoms with Gasteiger partial charge in [-0.2, -0.15) is 26.3 Å². The van der Waals surface area contributed by atoms with Gasteiger partial charge in [-0.15, -0.1) is 0 Å². The average Bonchev–Trinajstić information content (AvgIpc) is 2.45. The molecule has 0 bridgehead atoms. The van der Waals surface area contributed by atoms with Gasteiger partial charge in [0.25, 0.3) is 0 Å². The molecule has 0 aliphatic rings. The highest BCUT2D eigenvalue weighted by atomic mass is 35.5. The van der Waals surface area contributed by atoms with Crippen LogP contribution >= 0.6 is 11.6 Å². The van der Waals surface area contributed by atoms with Crippen LogP contribution < -0.4 is 0 Å². The van der Waals surface area contributed by atoms with Crippen molar-refractivity contribution in [1.29, 1.82) is 0 Å². The molecule has 2 rings (SSSR count). The van der Waals surface area contributed by atoms with Gasteiger partial charge in [-0.05, 0) is 23.8 Å². The first-order valence-corrected chi connectivity index (χ1v) is 6.57. The molecular weight excluding hydrogens is 346 g/mol. The van der Waals surface area contributed by atoms with Crippen molar-refractivity contribution in [3.63, 3.8) is 0 Å². The molecule has 0 fully saturated rings. The molecule has 8 heteroatoms. The lowest BCUT2D eigenvalue weighted by molar-refractivity contribution is -0.248. The second-order valence-corrected chi connectivity index (χ2v) is 5.17. The van der Waals surface area contributed by atoms with Gasteiger partial charge in [-0.3, -0.25) is 0 Å². The third-order valence-electron chi connectivity index (χ3n) is 3.28. The quantitative estimate of drug-likeness (QED) is 0.739. The van der Waals surface area contributed by atoms with Crippen LogP contribution in [0.4, 0.5) is 26.3 Å². The van der Waals surface area contributed by atoms with Gasteiger partial charge < -0.3 is 5.11 Å². The van der Waals surface area contributed by atoms with Crippen LogP contribution in [0.15, 0.2) is 48.5 Å². The predicted octanol–water partition coefficient (Wildman–Crippen LogP) is 5.16. The highest BCUT2D eigenvalue weighted by Crippen LogP contribution is 2.47. The second kappa shape index (κ2) is 5.72. The molecule has 1 atom stereocenters. The fourth-order valence-corrected chi connectivity index (χ4v) is 2.42. The van der Waals surface area contributed by atoms with E-state index in [4.69, 9.17) is 11.6 Å². The summed E-state index contributed by atoms with van der Waals surface area (Å²) in [7, 11) is 0. The lowest BCUT2D eigenvalue weighted by Crippen LogP contribution is -2.43. The molecule has 1 N–H and O–H groups in total. The van der Waals surface area contributed by atoms with Crippen LogP contribution in [0.25, 0.3) is 0 Å². The molecule has 0 heterocycles. The normalized spacial score (nSPS) is 15.3. The van der Waals surface area contributed by atoms with E-state index in [1.807, 2.05) is 0 Å². The van der Waals surface area contributed by atoms with E-state index in [0.717, 1.165) is 24.3 Å². The highest BCUT2D eigenvalue weighted by Gasteiger charge is 2.57. The van der Waals surface area contributed by atoms with Crippen LogP contribution in [-0.4, -0.2) is 11.3 Å². The first kappa shape index (κ1) is 17.6. The molecule has 0 radical (unpaired) electrons. The monoisotopic (exact) mass is 354 g/mol. The number of rotatable bonds is 2. The SMILES string of the molecule is OC(c1cccc(C(F)(F)F)c1)(c1ccccc1Cl)C(F)(F)F. The Hall–Kier alpha value is -1.73. The molecule has 0 aliphatic heterocycles. The van der Waals surface area contributed by atoms with E-state index in [0.29, 0.717) is 6.07 Å². The molecule has 0 saturated carbocycles. The van der Waals surface area contributed by atoms with Crippen molar-refractivity contribution in [3.8, 4) is 0 Å². The minimum absolute atomic E-state index is 0.261. The largest absolute Gasteiger partial charge is 0.425 e. The zero-order valence-electron chi connectivity index (χ0n) is 11.2. The van der Waals surface area contributed by atoms with Crippen molar-refractivity contribution in [3.05, 3.63) is 70.2 Å². The molecule has 23 heavy (non-hydrogen) atoms. The highest BCUT2D eigenvalue weighted by molar-refractivity contribution is 6.31. The number of alkyl halides is 6. The standard InChI is InChI=1S/C15H9ClF6O/c16-12-7-2-1-6-11(12)13(23,15(20,21)22)9-4-3-5-10(8-9)14(17,18)19/h1-8,23H. The number of benzene rings is 2. The van der Waals surface area contributed by atoms with Gasteiger partial charge in [0.1, 0.15) is 0 Å². The van der Waals surface area contributed by atoms with E-state index in [1.165, 1.54) is 12.1 Å². The van der Waals surface area contributed by atoms with E-state index in [-0.39, 0.29) is 6.07 Å². The van der Waals surface area contributed by atoms with Crippen LogP contribution in [0.5, 0.6) is 0 Å².